The van der Waals surface area contributed by atoms with Gasteiger partial charge in [0.05, 0.1) is 13.1 Å². The largest absolute Gasteiger partial charge is 0.416 e. The fraction of sp³-hybridized carbons (Fsp3) is 0.611. The van der Waals surface area contributed by atoms with Gasteiger partial charge in [-0.15, -0.1) is 0 Å². The van der Waals surface area contributed by atoms with Gasteiger partial charge in [-0.05, 0) is 31.4 Å². The summed E-state index contributed by atoms with van der Waals surface area (Å²) in [5.74, 6) is -0.281. The van der Waals surface area contributed by atoms with Crippen LogP contribution in [0, 0.1) is 12.3 Å². The molecule has 1 saturated carbocycles. The van der Waals surface area contributed by atoms with Gasteiger partial charge in [0.1, 0.15) is 17.0 Å². The topological polar surface area (TPSA) is 146 Å². The van der Waals surface area contributed by atoms with Crippen LogP contribution < -0.4 is 15.4 Å². The summed E-state index contributed by atoms with van der Waals surface area (Å²) < 4.78 is 63.6. The third kappa shape index (κ3) is 4.66. The number of aliphatic hydroxyl groups excluding tert-OH is 1. The molecule has 2 aromatic rings. The lowest BCUT2D eigenvalue weighted by Crippen LogP contribution is -2.68. The van der Waals surface area contributed by atoms with Crippen LogP contribution in [0.2, 0.25) is 5.15 Å². The average molecular weight is 526 g/mol. The first-order valence-corrected chi connectivity index (χ1v) is 12.1. The minimum Gasteiger partial charge on any atom is -0.382 e. The predicted molar refractivity (Wildman–Crippen MR) is 115 cm³/mol. The molecule has 16 heteroatoms. The highest BCUT2D eigenvalue weighted by atomic mass is 35.5. The predicted octanol–water partition coefficient (Wildman–Crippen LogP) is 0.205. The molecule has 4 N–H and O–H groups in total. The second-order valence-electron chi connectivity index (χ2n) is 8.86. The van der Waals surface area contributed by atoms with Crippen molar-refractivity contribution >= 4 is 39.1 Å². The minimum absolute atomic E-state index is 0.192. The van der Waals surface area contributed by atoms with E-state index in [1.165, 1.54) is 6.33 Å². The summed E-state index contributed by atoms with van der Waals surface area (Å²) in [7, 11) is -4.28. The van der Waals surface area contributed by atoms with Gasteiger partial charge in [0, 0.05) is 24.5 Å². The van der Waals surface area contributed by atoms with Crippen LogP contribution in [0.4, 0.5) is 19.0 Å². The summed E-state index contributed by atoms with van der Waals surface area (Å²) in [6, 6.07) is 1.22. The highest BCUT2D eigenvalue weighted by Crippen LogP contribution is 2.52. The van der Waals surface area contributed by atoms with Crippen LogP contribution in [-0.2, 0) is 15.0 Å². The molecule has 2 aliphatic rings. The molecule has 0 bridgehead atoms. The summed E-state index contributed by atoms with van der Waals surface area (Å²) in [4.78, 5) is 18.4. The monoisotopic (exact) mass is 525 g/mol. The molecule has 2 aromatic heterocycles. The number of carbonyl (C=O) groups excluding carboxylic acids is 1. The number of anilines is 1. The number of aromatic nitrogens is 3. The molecular formula is C18H23ClF3N7O4S. The SMILES string of the molecule is Cc1cc(Cl)n2ncnc(N3CC4(CC(N(CC(=O)NCC(O)C(F)(F)F)S(N)(=O)=O)C4)C3)c12. The molecule has 34 heavy (non-hydrogen) atoms. The lowest BCUT2D eigenvalue weighted by molar-refractivity contribution is -0.201. The molecule has 1 atom stereocenters. The number of halogens is 4. The van der Waals surface area contributed by atoms with E-state index in [1.807, 2.05) is 17.1 Å². The Hall–Kier alpha value is -2.20. The molecule has 1 unspecified atom stereocenters. The third-order valence-electron chi connectivity index (χ3n) is 6.28. The van der Waals surface area contributed by atoms with Gasteiger partial charge in [-0.3, -0.25) is 4.79 Å². The number of aliphatic hydroxyl groups is 1. The van der Waals surface area contributed by atoms with Gasteiger partial charge < -0.3 is 15.3 Å². The van der Waals surface area contributed by atoms with E-state index >= 15 is 0 Å². The van der Waals surface area contributed by atoms with E-state index in [-0.39, 0.29) is 5.41 Å². The number of alkyl halides is 3. The Bertz CT molecular complexity index is 1210. The van der Waals surface area contributed by atoms with Crippen molar-refractivity contribution in [2.75, 3.05) is 31.1 Å². The van der Waals surface area contributed by atoms with Gasteiger partial charge in [-0.2, -0.15) is 31.0 Å². The van der Waals surface area contributed by atoms with Gasteiger partial charge in [-0.1, -0.05) is 11.6 Å². The summed E-state index contributed by atoms with van der Waals surface area (Å²) in [6.45, 7) is 1.27. The van der Waals surface area contributed by atoms with Crippen LogP contribution in [-0.4, -0.2) is 82.8 Å². The van der Waals surface area contributed by atoms with Crippen molar-refractivity contribution in [2.24, 2.45) is 10.6 Å². The van der Waals surface area contributed by atoms with Crippen molar-refractivity contribution in [3.05, 3.63) is 23.1 Å². The molecule has 1 spiro atoms. The van der Waals surface area contributed by atoms with Crippen LogP contribution in [0.25, 0.3) is 5.52 Å². The zero-order valence-electron chi connectivity index (χ0n) is 18.0. The van der Waals surface area contributed by atoms with Crippen molar-refractivity contribution < 1.29 is 31.5 Å². The molecule has 0 aromatic carbocycles. The number of nitrogens with zero attached hydrogens (tertiary/aromatic N) is 5. The molecular weight excluding hydrogens is 503 g/mol. The van der Waals surface area contributed by atoms with Crippen molar-refractivity contribution in [1.29, 1.82) is 0 Å². The molecule has 11 nitrogen and oxygen atoms in total. The second-order valence-corrected chi connectivity index (χ2v) is 10.8. The van der Waals surface area contributed by atoms with E-state index in [4.69, 9.17) is 21.8 Å². The van der Waals surface area contributed by atoms with Crippen molar-refractivity contribution in [2.45, 2.75) is 38.1 Å². The lowest BCUT2D eigenvalue weighted by atomic mass is 9.60. The van der Waals surface area contributed by atoms with Crippen molar-refractivity contribution in [3.63, 3.8) is 0 Å². The smallest absolute Gasteiger partial charge is 0.382 e. The van der Waals surface area contributed by atoms with E-state index in [2.05, 4.69) is 10.1 Å². The molecule has 1 saturated heterocycles. The molecule has 4 rings (SSSR count). The first kappa shape index (κ1) is 24.9. The standard InChI is InChI=1S/C18H23ClF3N7O4S/c1-10-2-13(19)29-15(10)16(25-9-26-29)27-7-17(8-27)3-11(4-17)28(34(23,32)33)6-14(31)24-5-12(30)18(20,21)22/h2,9,11-12,30H,3-8H2,1H3,(H,24,31)(H2,23,32,33). The Morgan fingerprint density at radius 1 is 1.44 bits per heavy atom. The van der Waals surface area contributed by atoms with E-state index in [0.717, 1.165) is 15.4 Å². The van der Waals surface area contributed by atoms with Crippen LogP contribution in [0.15, 0.2) is 12.4 Å². The van der Waals surface area contributed by atoms with Gasteiger partial charge in [-0.25, -0.2) is 14.6 Å². The van der Waals surface area contributed by atoms with Crippen LogP contribution in [0.3, 0.4) is 0 Å². The zero-order chi connectivity index (χ0) is 25.1. The van der Waals surface area contributed by atoms with E-state index in [0.29, 0.717) is 36.9 Å². The van der Waals surface area contributed by atoms with Gasteiger partial charge in [0.15, 0.2) is 11.9 Å². The van der Waals surface area contributed by atoms with E-state index < -0.39 is 47.5 Å². The Morgan fingerprint density at radius 2 is 2.09 bits per heavy atom. The maximum atomic E-state index is 12.4. The number of amides is 1. The van der Waals surface area contributed by atoms with E-state index in [9.17, 15) is 26.4 Å². The molecule has 0 radical (unpaired) electrons. The number of hydrogen-bond acceptors (Lipinski definition) is 7. The van der Waals surface area contributed by atoms with Gasteiger partial charge in [0.25, 0.3) is 10.2 Å². The fourth-order valence-corrected chi connectivity index (χ4v) is 5.81. The number of aryl methyl sites for hydroxylation is 1. The summed E-state index contributed by atoms with van der Waals surface area (Å²) in [5, 5.41) is 20.7. The van der Waals surface area contributed by atoms with Crippen LogP contribution in [0.5, 0.6) is 0 Å². The first-order valence-electron chi connectivity index (χ1n) is 10.2. The summed E-state index contributed by atoms with van der Waals surface area (Å²) >= 11 is 6.19. The molecule has 188 valence electrons. The maximum absolute atomic E-state index is 12.4. The number of hydrogen-bond donors (Lipinski definition) is 3. The molecule has 2 fully saturated rings. The molecule has 3 heterocycles. The van der Waals surface area contributed by atoms with Crippen molar-refractivity contribution in [3.8, 4) is 0 Å². The molecule has 1 aliphatic carbocycles. The Morgan fingerprint density at radius 3 is 2.68 bits per heavy atom. The van der Waals surface area contributed by atoms with Gasteiger partial charge in [0.2, 0.25) is 5.91 Å². The minimum atomic E-state index is -4.90. The second kappa shape index (κ2) is 8.48. The van der Waals surface area contributed by atoms with Crippen LogP contribution >= 0.6 is 11.6 Å². The number of rotatable bonds is 7. The van der Waals surface area contributed by atoms with Gasteiger partial charge >= 0.3 is 6.18 Å². The highest BCUT2D eigenvalue weighted by molar-refractivity contribution is 7.86. The summed E-state index contributed by atoms with van der Waals surface area (Å²) in [5.41, 5.74) is 1.50. The fourth-order valence-electron chi connectivity index (χ4n) is 4.66. The molecule has 1 aliphatic heterocycles. The number of fused-ring (bicyclic) bond motifs is 1. The zero-order valence-corrected chi connectivity index (χ0v) is 19.5. The molecule has 1 amide bonds. The number of nitrogens with two attached hydrogens (primary N) is 1. The first-order chi connectivity index (χ1) is 15.7. The quantitative estimate of drug-likeness (QED) is 0.468. The number of carbonyl (C=O) groups is 1. The van der Waals surface area contributed by atoms with Crippen LogP contribution in [0.1, 0.15) is 18.4 Å². The Balaban J connectivity index is 1.37. The Kier molecular flexibility index (Phi) is 6.21. The summed E-state index contributed by atoms with van der Waals surface area (Å²) in [6.07, 6.45) is -5.39. The average Bonchev–Trinajstić information content (AvgIpc) is 2.96. The van der Waals surface area contributed by atoms with Crippen molar-refractivity contribution in [1.82, 2.24) is 24.2 Å². The number of nitrogens with one attached hydrogen (secondary N) is 1. The Labute approximate surface area is 197 Å². The third-order valence-corrected chi connectivity index (χ3v) is 7.63. The normalized spacial score (nSPS) is 19.4. The maximum Gasteiger partial charge on any atom is 0.416 e. The highest BCUT2D eigenvalue weighted by Gasteiger charge is 2.56. The lowest BCUT2D eigenvalue weighted by Gasteiger charge is -2.60. The van der Waals surface area contributed by atoms with E-state index in [1.54, 1.807) is 10.6 Å².